The van der Waals surface area contributed by atoms with E-state index >= 15 is 0 Å². The van der Waals surface area contributed by atoms with Crippen LogP contribution in [0.15, 0.2) is 35.0 Å². The van der Waals surface area contributed by atoms with Crippen molar-refractivity contribution in [3.63, 3.8) is 0 Å². The Morgan fingerprint density at radius 1 is 1.19 bits per heavy atom. The van der Waals surface area contributed by atoms with Crippen LogP contribution in [0, 0.1) is 0 Å². The summed E-state index contributed by atoms with van der Waals surface area (Å²) in [5.41, 5.74) is 1.68. The molecule has 0 fully saturated rings. The number of carbonyl (C=O) groups is 2. The molecular formula is C20H25NO6. The summed E-state index contributed by atoms with van der Waals surface area (Å²) in [6, 6.07) is 5.25. The van der Waals surface area contributed by atoms with E-state index in [4.69, 9.17) is 18.9 Å². The van der Waals surface area contributed by atoms with E-state index in [0.717, 1.165) is 0 Å². The zero-order chi connectivity index (χ0) is 20.0. The molecule has 0 spiro atoms. The number of hydrogen-bond acceptors (Lipinski definition) is 6. The molecule has 1 heterocycles. The molecular weight excluding hydrogens is 350 g/mol. The second kappa shape index (κ2) is 9.23. The lowest BCUT2D eigenvalue weighted by Gasteiger charge is -2.17. The lowest BCUT2D eigenvalue weighted by Crippen LogP contribution is -2.28. The number of methoxy groups -OCH3 is 3. The minimum atomic E-state index is -0.531. The molecule has 0 aliphatic carbocycles. The van der Waals surface area contributed by atoms with Crippen molar-refractivity contribution in [2.75, 3.05) is 41.1 Å². The molecule has 0 atom stereocenters. The Hall–Kier alpha value is -2.80. The van der Waals surface area contributed by atoms with E-state index in [1.165, 1.54) is 4.90 Å². The van der Waals surface area contributed by atoms with Gasteiger partial charge in [-0.2, -0.15) is 0 Å². The molecule has 0 bridgehead atoms. The predicted molar refractivity (Wildman–Crippen MR) is 100 cm³/mol. The number of nitrogens with zero attached hydrogens (tertiary/aromatic N) is 1. The van der Waals surface area contributed by atoms with Crippen molar-refractivity contribution < 1.29 is 28.5 Å². The van der Waals surface area contributed by atoms with Crippen molar-refractivity contribution in [2.24, 2.45) is 0 Å². The summed E-state index contributed by atoms with van der Waals surface area (Å²) in [5, 5.41) is 0. The van der Waals surface area contributed by atoms with Crippen LogP contribution in [0.3, 0.4) is 0 Å². The van der Waals surface area contributed by atoms with Crippen LogP contribution in [-0.2, 0) is 19.1 Å². The third kappa shape index (κ3) is 4.31. The van der Waals surface area contributed by atoms with Crippen LogP contribution in [0.2, 0.25) is 0 Å². The number of ether oxygens (including phenoxy) is 4. The van der Waals surface area contributed by atoms with Crippen molar-refractivity contribution in [3.8, 4) is 11.5 Å². The molecule has 0 unspecified atom stereocenters. The fourth-order valence-electron chi connectivity index (χ4n) is 2.89. The summed E-state index contributed by atoms with van der Waals surface area (Å²) in [5.74, 6) is 0.365. The Kier molecular flexibility index (Phi) is 7.01. The van der Waals surface area contributed by atoms with E-state index in [0.29, 0.717) is 35.9 Å². The fourth-order valence-corrected chi connectivity index (χ4v) is 2.89. The standard InChI is InChI=1S/C20H25NO6/c1-6-27-20(23)18-13(2)21(9-10-24-3)19(22)16(18)12-14-11-15(25-4)7-8-17(14)26-5/h7-8,11-12H,6,9-10H2,1-5H3/b16-12+. The summed E-state index contributed by atoms with van der Waals surface area (Å²) < 4.78 is 20.9. The minimum Gasteiger partial charge on any atom is -0.497 e. The molecule has 1 aromatic rings. The first-order valence-corrected chi connectivity index (χ1v) is 8.61. The number of allylic oxidation sites excluding steroid dienone is 1. The van der Waals surface area contributed by atoms with Crippen molar-refractivity contribution in [3.05, 3.63) is 40.6 Å². The molecule has 0 N–H and O–H groups in total. The van der Waals surface area contributed by atoms with Gasteiger partial charge in [0.15, 0.2) is 0 Å². The van der Waals surface area contributed by atoms with Crippen molar-refractivity contribution >= 4 is 18.0 Å². The maximum absolute atomic E-state index is 13.0. The monoisotopic (exact) mass is 375 g/mol. The minimum absolute atomic E-state index is 0.220. The zero-order valence-electron chi connectivity index (χ0n) is 16.3. The topological polar surface area (TPSA) is 74.3 Å². The van der Waals surface area contributed by atoms with E-state index < -0.39 is 5.97 Å². The van der Waals surface area contributed by atoms with Gasteiger partial charge in [-0.3, -0.25) is 4.79 Å². The van der Waals surface area contributed by atoms with Crippen LogP contribution in [-0.4, -0.2) is 57.9 Å². The molecule has 2 rings (SSSR count). The molecule has 0 radical (unpaired) electrons. The van der Waals surface area contributed by atoms with Gasteiger partial charge in [0.1, 0.15) is 11.5 Å². The van der Waals surface area contributed by atoms with Gasteiger partial charge in [-0.15, -0.1) is 0 Å². The summed E-state index contributed by atoms with van der Waals surface area (Å²) in [4.78, 5) is 27.0. The number of carbonyl (C=O) groups excluding carboxylic acids is 2. The molecule has 7 nitrogen and oxygen atoms in total. The fraction of sp³-hybridized carbons (Fsp3) is 0.400. The average Bonchev–Trinajstić information content (AvgIpc) is 2.90. The highest BCUT2D eigenvalue weighted by atomic mass is 16.5. The van der Waals surface area contributed by atoms with E-state index in [-0.39, 0.29) is 23.7 Å². The Labute approximate surface area is 159 Å². The first-order valence-electron chi connectivity index (χ1n) is 8.61. The molecule has 0 saturated carbocycles. The highest BCUT2D eigenvalue weighted by molar-refractivity contribution is 6.16. The van der Waals surface area contributed by atoms with Gasteiger partial charge in [0.05, 0.1) is 38.6 Å². The van der Waals surface area contributed by atoms with E-state index in [1.807, 2.05) is 0 Å². The summed E-state index contributed by atoms with van der Waals surface area (Å²) >= 11 is 0. The van der Waals surface area contributed by atoms with Gasteiger partial charge in [0.2, 0.25) is 0 Å². The number of amides is 1. The maximum Gasteiger partial charge on any atom is 0.340 e. The lowest BCUT2D eigenvalue weighted by molar-refractivity contribution is -0.138. The SMILES string of the molecule is CCOC(=O)C1=C(C)N(CCOC)C(=O)/C1=C/c1cc(OC)ccc1OC. The van der Waals surface area contributed by atoms with Crippen LogP contribution in [0.25, 0.3) is 6.08 Å². The Morgan fingerprint density at radius 3 is 2.52 bits per heavy atom. The van der Waals surface area contributed by atoms with Crippen molar-refractivity contribution in [2.45, 2.75) is 13.8 Å². The maximum atomic E-state index is 13.0. The van der Waals surface area contributed by atoms with Gasteiger partial charge in [0, 0.05) is 24.9 Å². The summed E-state index contributed by atoms with van der Waals surface area (Å²) in [6.07, 6.45) is 1.63. The average molecular weight is 375 g/mol. The lowest BCUT2D eigenvalue weighted by atomic mass is 10.0. The Morgan fingerprint density at radius 2 is 1.93 bits per heavy atom. The summed E-state index contributed by atoms with van der Waals surface area (Å²) in [7, 11) is 4.66. The normalized spacial score (nSPS) is 15.5. The smallest absolute Gasteiger partial charge is 0.340 e. The van der Waals surface area contributed by atoms with Crippen LogP contribution in [0.1, 0.15) is 19.4 Å². The van der Waals surface area contributed by atoms with E-state index in [2.05, 4.69) is 0 Å². The van der Waals surface area contributed by atoms with Gasteiger partial charge in [-0.25, -0.2) is 4.79 Å². The summed E-state index contributed by atoms with van der Waals surface area (Å²) in [6.45, 7) is 4.37. The third-order valence-corrected chi connectivity index (χ3v) is 4.25. The van der Waals surface area contributed by atoms with Crippen molar-refractivity contribution in [1.29, 1.82) is 0 Å². The molecule has 7 heteroatoms. The number of esters is 1. The van der Waals surface area contributed by atoms with Crippen LogP contribution in [0.5, 0.6) is 11.5 Å². The molecule has 1 aliphatic heterocycles. The van der Waals surface area contributed by atoms with Crippen LogP contribution < -0.4 is 9.47 Å². The van der Waals surface area contributed by atoms with Gasteiger partial charge in [-0.05, 0) is 38.1 Å². The van der Waals surface area contributed by atoms with E-state index in [1.54, 1.807) is 59.5 Å². The Bertz CT molecular complexity index is 781. The Balaban J connectivity index is 2.56. The third-order valence-electron chi connectivity index (χ3n) is 4.25. The first-order chi connectivity index (χ1) is 13.0. The second-order valence-electron chi connectivity index (χ2n) is 5.80. The second-order valence-corrected chi connectivity index (χ2v) is 5.80. The molecule has 146 valence electrons. The first kappa shape index (κ1) is 20.5. The molecule has 1 amide bonds. The molecule has 0 aromatic heterocycles. The molecule has 1 aliphatic rings. The highest BCUT2D eigenvalue weighted by Crippen LogP contribution is 2.34. The van der Waals surface area contributed by atoms with Crippen LogP contribution in [0.4, 0.5) is 0 Å². The van der Waals surface area contributed by atoms with Crippen molar-refractivity contribution in [1.82, 2.24) is 4.90 Å². The molecule has 1 aromatic carbocycles. The highest BCUT2D eigenvalue weighted by Gasteiger charge is 2.37. The quantitative estimate of drug-likeness (QED) is 0.513. The number of benzene rings is 1. The molecule has 27 heavy (non-hydrogen) atoms. The zero-order valence-corrected chi connectivity index (χ0v) is 16.3. The van der Waals surface area contributed by atoms with E-state index in [9.17, 15) is 9.59 Å². The largest absolute Gasteiger partial charge is 0.497 e. The van der Waals surface area contributed by atoms with Crippen LogP contribution >= 0.6 is 0 Å². The van der Waals surface area contributed by atoms with Gasteiger partial charge < -0.3 is 23.8 Å². The molecule has 0 saturated heterocycles. The van der Waals surface area contributed by atoms with Gasteiger partial charge >= 0.3 is 5.97 Å². The number of rotatable bonds is 8. The number of hydrogen-bond donors (Lipinski definition) is 0. The predicted octanol–water partition coefficient (Wildman–Crippen LogP) is 2.41. The van der Waals surface area contributed by atoms with Gasteiger partial charge in [-0.1, -0.05) is 0 Å². The van der Waals surface area contributed by atoms with Gasteiger partial charge in [0.25, 0.3) is 5.91 Å².